The van der Waals surface area contributed by atoms with E-state index in [1.807, 2.05) is 13.0 Å². The molecule has 168 valence electrons. The van der Waals surface area contributed by atoms with Crippen molar-refractivity contribution in [2.45, 2.75) is 51.1 Å². The number of carboxylic acids is 1. The summed E-state index contributed by atoms with van der Waals surface area (Å²) in [5.41, 5.74) is 0.546. The van der Waals surface area contributed by atoms with E-state index >= 15 is 0 Å². The molecule has 0 saturated carbocycles. The van der Waals surface area contributed by atoms with Gasteiger partial charge in [0.2, 0.25) is 12.7 Å². The summed E-state index contributed by atoms with van der Waals surface area (Å²) < 4.78 is 10.6. The second-order valence-corrected chi connectivity index (χ2v) is 7.24. The standard InChI is InChI=1S/C21H28N4O6/c1-3-4-6-15(20(28)25(2)10-5-9-22)23-21(29)24-16(12-19(26)27)14-7-8-17-18(11-14)31-13-30-17/h7-8,11,15-16H,3-6,10,12-13H2,1-2H3,(H,26,27)(H2,23,24,29)/t15-,16-/m0/s1. The zero-order valence-electron chi connectivity index (χ0n) is 17.7. The maximum atomic E-state index is 12.7. The molecule has 3 amide bonds. The summed E-state index contributed by atoms with van der Waals surface area (Å²) >= 11 is 0. The number of carboxylic acid groups (broad SMARTS) is 1. The molecule has 2 rings (SSSR count). The lowest BCUT2D eigenvalue weighted by Gasteiger charge is -2.25. The second-order valence-electron chi connectivity index (χ2n) is 7.24. The summed E-state index contributed by atoms with van der Waals surface area (Å²) in [6, 6.07) is 4.69. The van der Waals surface area contributed by atoms with Gasteiger partial charge in [-0.1, -0.05) is 25.8 Å². The number of urea groups is 1. The number of nitriles is 1. The number of aliphatic carboxylic acids is 1. The molecule has 0 unspecified atom stereocenters. The molecule has 0 aliphatic carbocycles. The smallest absolute Gasteiger partial charge is 0.315 e. The first-order valence-electron chi connectivity index (χ1n) is 10.2. The van der Waals surface area contributed by atoms with Crippen molar-refractivity contribution in [3.05, 3.63) is 23.8 Å². The van der Waals surface area contributed by atoms with Gasteiger partial charge < -0.3 is 30.1 Å². The molecule has 0 aromatic heterocycles. The fourth-order valence-corrected chi connectivity index (χ4v) is 3.17. The van der Waals surface area contributed by atoms with Crippen molar-refractivity contribution in [1.29, 1.82) is 5.26 Å². The average molecular weight is 432 g/mol. The third-order valence-electron chi connectivity index (χ3n) is 4.87. The Kier molecular flexibility index (Phi) is 8.94. The van der Waals surface area contributed by atoms with Crippen LogP contribution in [0.4, 0.5) is 4.79 Å². The molecule has 1 heterocycles. The quantitative estimate of drug-likeness (QED) is 0.486. The number of unbranched alkanes of at least 4 members (excludes halogenated alkanes) is 1. The number of hydrogen-bond donors (Lipinski definition) is 3. The van der Waals surface area contributed by atoms with E-state index in [4.69, 9.17) is 14.7 Å². The second kappa shape index (κ2) is 11.6. The first kappa shape index (κ1) is 23.8. The topological polar surface area (TPSA) is 141 Å². The number of benzene rings is 1. The fraction of sp³-hybridized carbons (Fsp3) is 0.524. The van der Waals surface area contributed by atoms with Crippen LogP contribution in [-0.4, -0.2) is 54.3 Å². The van der Waals surface area contributed by atoms with Gasteiger partial charge in [-0.25, -0.2) is 4.79 Å². The molecule has 1 aliphatic heterocycles. The van der Waals surface area contributed by atoms with E-state index in [1.165, 1.54) is 4.90 Å². The van der Waals surface area contributed by atoms with E-state index in [2.05, 4.69) is 10.6 Å². The Labute approximate surface area is 181 Å². The van der Waals surface area contributed by atoms with Crippen molar-refractivity contribution in [2.75, 3.05) is 20.4 Å². The van der Waals surface area contributed by atoms with E-state index in [-0.39, 0.29) is 32.1 Å². The van der Waals surface area contributed by atoms with E-state index in [9.17, 15) is 19.5 Å². The number of carbonyl (C=O) groups excluding carboxylic acids is 2. The lowest BCUT2D eigenvalue weighted by atomic mass is 10.0. The molecular weight excluding hydrogens is 404 g/mol. The van der Waals surface area contributed by atoms with E-state index in [0.717, 1.165) is 12.8 Å². The van der Waals surface area contributed by atoms with Gasteiger partial charge >= 0.3 is 12.0 Å². The zero-order valence-corrected chi connectivity index (χ0v) is 17.7. The highest BCUT2D eigenvalue weighted by molar-refractivity contribution is 5.87. The Bertz CT molecular complexity index is 838. The van der Waals surface area contributed by atoms with Crippen LogP contribution in [0, 0.1) is 11.3 Å². The Morgan fingerprint density at radius 2 is 2.00 bits per heavy atom. The highest BCUT2D eigenvalue weighted by Crippen LogP contribution is 2.34. The van der Waals surface area contributed by atoms with Crippen LogP contribution in [0.2, 0.25) is 0 Å². The molecule has 10 heteroatoms. The maximum absolute atomic E-state index is 12.7. The number of carbonyl (C=O) groups is 3. The third kappa shape index (κ3) is 7.06. The molecule has 1 aromatic carbocycles. The number of nitrogens with zero attached hydrogens (tertiary/aromatic N) is 2. The predicted molar refractivity (Wildman–Crippen MR) is 110 cm³/mol. The Hall–Kier alpha value is -3.48. The Balaban J connectivity index is 2.10. The normalized spacial score (nSPS) is 13.6. The van der Waals surface area contributed by atoms with Gasteiger partial charge in [0.1, 0.15) is 6.04 Å². The molecule has 2 atom stereocenters. The molecule has 0 radical (unpaired) electrons. The maximum Gasteiger partial charge on any atom is 0.315 e. The highest BCUT2D eigenvalue weighted by atomic mass is 16.7. The number of fused-ring (bicyclic) bond motifs is 1. The van der Waals surface area contributed by atoms with E-state index < -0.39 is 24.1 Å². The van der Waals surface area contributed by atoms with Gasteiger partial charge in [0.15, 0.2) is 11.5 Å². The van der Waals surface area contributed by atoms with Crippen LogP contribution in [0.1, 0.15) is 50.6 Å². The van der Waals surface area contributed by atoms with Gasteiger partial charge in [0.25, 0.3) is 0 Å². The summed E-state index contributed by atoms with van der Waals surface area (Å²) in [6.07, 6.45) is 1.85. The van der Waals surface area contributed by atoms with Gasteiger partial charge in [0, 0.05) is 13.6 Å². The van der Waals surface area contributed by atoms with Crippen LogP contribution in [0.3, 0.4) is 0 Å². The van der Waals surface area contributed by atoms with Crippen molar-refractivity contribution < 1.29 is 29.0 Å². The van der Waals surface area contributed by atoms with E-state index in [0.29, 0.717) is 23.5 Å². The molecule has 3 N–H and O–H groups in total. The molecule has 0 bridgehead atoms. The summed E-state index contributed by atoms with van der Waals surface area (Å²) in [5.74, 6) is -0.354. The molecule has 1 aromatic rings. The number of hydrogen-bond acceptors (Lipinski definition) is 6. The highest BCUT2D eigenvalue weighted by Gasteiger charge is 2.26. The van der Waals surface area contributed by atoms with Gasteiger partial charge in [-0.3, -0.25) is 9.59 Å². The van der Waals surface area contributed by atoms with Crippen LogP contribution >= 0.6 is 0 Å². The van der Waals surface area contributed by atoms with Crippen molar-refractivity contribution in [3.63, 3.8) is 0 Å². The largest absolute Gasteiger partial charge is 0.481 e. The number of likely N-dealkylation sites (N-methyl/N-ethyl adjacent to an activating group) is 1. The number of nitrogens with one attached hydrogen (secondary N) is 2. The predicted octanol–water partition coefficient (Wildman–Crippen LogP) is 2.16. The SMILES string of the molecule is CCCC[C@H](NC(=O)N[C@@H](CC(=O)O)c1ccc2c(c1)OCO2)C(=O)N(C)CCC#N. The van der Waals surface area contributed by atoms with Crippen molar-refractivity contribution in [1.82, 2.24) is 15.5 Å². The van der Waals surface area contributed by atoms with Crippen LogP contribution in [0.15, 0.2) is 18.2 Å². The van der Waals surface area contributed by atoms with Crippen molar-refractivity contribution in [3.8, 4) is 17.6 Å². The summed E-state index contributed by atoms with van der Waals surface area (Å²) in [4.78, 5) is 38.1. The molecular formula is C21H28N4O6. The summed E-state index contributed by atoms with van der Waals surface area (Å²) in [5, 5.41) is 23.3. The zero-order chi connectivity index (χ0) is 22.8. The molecule has 0 spiro atoms. The number of amides is 3. The van der Waals surface area contributed by atoms with Crippen LogP contribution in [-0.2, 0) is 9.59 Å². The molecule has 0 saturated heterocycles. The minimum Gasteiger partial charge on any atom is -0.481 e. The van der Waals surface area contributed by atoms with E-state index in [1.54, 1.807) is 25.2 Å². The van der Waals surface area contributed by atoms with Gasteiger partial charge in [-0.05, 0) is 24.1 Å². The van der Waals surface area contributed by atoms with Crippen molar-refractivity contribution >= 4 is 17.9 Å². The first-order valence-corrected chi connectivity index (χ1v) is 10.2. The molecule has 0 fully saturated rings. The lowest BCUT2D eigenvalue weighted by Crippen LogP contribution is -2.51. The molecule has 1 aliphatic rings. The van der Waals surface area contributed by atoms with Crippen LogP contribution in [0.5, 0.6) is 11.5 Å². The first-order chi connectivity index (χ1) is 14.8. The van der Waals surface area contributed by atoms with Gasteiger partial charge in [0.05, 0.1) is 25.0 Å². The summed E-state index contributed by atoms with van der Waals surface area (Å²) in [6.45, 7) is 2.32. The van der Waals surface area contributed by atoms with Gasteiger partial charge in [-0.15, -0.1) is 0 Å². The molecule has 10 nitrogen and oxygen atoms in total. The van der Waals surface area contributed by atoms with Crippen molar-refractivity contribution in [2.24, 2.45) is 0 Å². The van der Waals surface area contributed by atoms with Crippen LogP contribution in [0.25, 0.3) is 0 Å². The number of ether oxygens (including phenoxy) is 2. The Morgan fingerprint density at radius 3 is 2.68 bits per heavy atom. The third-order valence-corrected chi connectivity index (χ3v) is 4.87. The number of rotatable bonds is 11. The lowest BCUT2D eigenvalue weighted by molar-refractivity contribution is -0.137. The fourth-order valence-electron chi connectivity index (χ4n) is 3.17. The minimum atomic E-state index is -1.09. The summed E-state index contributed by atoms with van der Waals surface area (Å²) in [7, 11) is 1.58. The average Bonchev–Trinajstić information content (AvgIpc) is 3.21. The van der Waals surface area contributed by atoms with Crippen LogP contribution < -0.4 is 20.1 Å². The minimum absolute atomic E-state index is 0.0802. The Morgan fingerprint density at radius 1 is 1.26 bits per heavy atom. The molecule has 31 heavy (non-hydrogen) atoms. The monoisotopic (exact) mass is 432 g/mol. The van der Waals surface area contributed by atoms with Gasteiger partial charge in [-0.2, -0.15) is 5.26 Å².